The van der Waals surface area contributed by atoms with E-state index in [1.807, 2.05) is 4.90 Å². The highest BCUT2D eigenvalue weighted by molar-refractivity contribution is 6.00. The molecule has 27 heavy (non-hydrogen) atoms. The number of nitrogens with one attached hydrogen (secondary N) is 2. The number of carboxylic acids is 1. The summed E-state index contributed by atoms with van der Waals surface area (Å²) in [6.45, 7) is 0.879. The van der Waals surface area contributed by atoms with E-state index in [0.29, 0.717) is 22.9 Å². The Morgan fingerprint density at radius 2 is 2.07 bits per heavy atom. The van der Waals surface area contributed by atoms with Crippen molar-refractivity contribution in [3.05, 3.63) is 23.8 Å². The number of anilines is 1. The predicted molar refractivity (Wildman–Crippen MR) is 96.8 cm³/mol. The summed E-state index contributed by atoms with van der Waals surface area (Å²) < 4.78 is 5.30. The third-order valence-corrected chi connectivity index (χ3v) is 5.37. The Labute approximate surface area is 156 Å². The van der Waals surface area contributed by atoms with E-state index in [2.05, 4.69) is 10.6 Å². The fraction of sp³-hybridized carbons (Fsp3) is 0.526. The van der Waals surface area contributed by atoms with Crippen molar-refractivity contribution in [3.63, 3.8) is 0 Å². The molecule has 1 aromatic carbocycles. The molecule has 0 radical (unpaired) electrons. The minimum absolute atomic E-state index is 0.0181. The zero-order valence-electron chi connectivity index (χ0n) is 14.9. The molecule has 144 valence electrons. The summed E-state index contributed by atoms with van der Waals surface area (Å²) in [6.07, 6.45) is 3.89. The Balaban J connectivity index is 1.31. The van der Waals surface area contributed by atoms with Crippen molar-refractivity contribution in [3.8, 4) is 5.75 Å². The first-order valence-corrected chi connectivity index (χ1v) is 9.31. The molecule has 1 aliphatic heterocycles. The zero-order chi connectivity index (χ0) is 19.0. The summed E-state index contributed by atoms with van der Waals surface area (Å²) in [5.74, 6) is -0.0595. The van der Waals surface area contributed by atoms with Gasteiger partial charge in [0.15, 0.2) is 6.61 Å². The Kier molecular flexibility index (Phi) is 4.73. The van der Waals surface area contributed by atoms with E-state index >= 15 is 0 Å². The number of carbonyl (C=O) groups is 3. The van der Waals surface area contributed by atoms with Gasteiger partial charge in [0.05, 0.1) is 12.2 Å². The van der Waals surface area contributed by atoms with Crippen LogP contribution >= 0.6 is 0 Å². The molecule has 8 nitrogen and oxygen atoms in total. The largest absolute Gasteiger partial charge is 0.482 e. The number of hydrogen-bond acceptors (Lipinski definition) is 5. The molecule has 1 heterocycles. The lowest BCUT2D eigenvalue weighted by Crippen LogP contribution is -2.55. The Morgan fingerprint density at radius 3 is 2.78 bits per heavy atom. The number of nitrogens with zero attached hydrogens (tertiary/aromatic N) is 1. The van der Waals surface area contributed by atoms with Crippen LogP contribution in [0.25, 0.3) is 0 Å². The molecule has 0 bridgehead atoms. The molecule has 2 fully saturated rings. The summed E-state index contributed by atoms with van der Waals surface area (Å²) in [4.78, 5) is 37.0. The van der Waals surface area contributed by atoms with Gasteiger partial charge in [0.25, 0.3) is 11.8 Å². The van der Waals surface area contributed by atoms with Crippen LogP contribution in [0.15, 0.2) is 18.2 Å². The molecule has 3 N–H and O–H groups in total. The molecule has 0 unspecified atom stereocenters. The van der Waals surface area contributed by atoms with Crippen LogP contribution in [0, 0.1) is 5.92 Å². The summed E-state index contributed by atoms with van der Waals surface area (Å²) >= 11 is 0. The topological polar surface area (TPSA) is 108 Å². The zero-order valence-corrected chi connectivity index (χ0v) is 14.9. The van der Waals surface area contributed by atoms with Crippen LogP contribution in [0.3, 0.4) is 0 Å². The first kappa shape index (κ1) is 17.8. The Hall–Kier alpha value is -2.61. The van der Waals surface area contributed by atoms with Crippen LogP contribution in [0.1, 0.15) is 36.0 Å². The van der Waals surface area contributed by atoms with Gasteiger partial charge >= 0.3 is 5.97 Å². The average molecular weight is 373 g/mol. The second kappa shape index (κ2) is 7.19. The van der Waals surface area contributed by atoms with E-state index < -0.39 is 5.97 Å². The van der Waals surface area contributed by atoms with Gasteiger partial charge in [-0.05, 0) is 49.8 Å². The van der Waals surface area contributed by atoms with E-state index in [1.165, 1.54) is 12.8 Å². The standard InChI is InChI=1S/C19H23N3O5/c23-17-10-27-16-4-3-12(5-15(16)21-17)19(26)20-13-6-14(7-13)22(9-18(24)25)8-11-1-2-11/h3-5,11,13-14H,1-2,6-10H2,(H,20,26)(H,21,23)(H,24,25). The van der Waals surface area contributed by atoms with Crippen LogP contribution in [0.4, 0.5) is 5.69 Å². The SMILES string of the molecule is O=C(O)CN(CC1CC1)C1CC(NC(=O)c2ccc3c(c2)NC(=O)CO3)C1. The number of fused-ring (bicyclic) bond motifs is 1. The maximum absolute atomic E-state index is 12.5. The number of amides is 2. The number of aliphatic carboxylic acids is 1. The summed E-state index contributed by atoms with van der Waals surface area (Å²) in [6, 6.07) is 5.22. The van der Waals surface area contributed by atoms with Crippen molar-refractivity contribution >= 4 is 23.5 Å². The number of rotatable bonds is 7. The second-order valence-electron chi connectivity index (χ2n) is 7.61. The Bertz CT molecular complexity index is 771. The number of ether oxygens (including phenoxy) is 1. The molecular formula is C19H23N3O5. The third-order valence-electron chi connectivity index (χ3n) is 5.37. The number of carboxylic acid groups (broad SMARTS) is 1. The lowest BCUT2D eigenvalue weighted by Gasteiger charge is -2.42. The van der Waals surface area contributed by atoms with Gasteiger partial charge < -0.3 is 20.5 Å². The molecule has 0 spiro atoms. The van der Waals surface area contributed by atoms with Gasteiger partial charge in [-0.1, -0.05) is 0 Å². The number of carbonyl (C=O) groups excluding carboxylic acids is 2. The van der Waals surface area contributed by atoms with Crippen molar-refractivity contribution in [1.82, 2.24) is 10.2 Å². The third kappa shape index (κ3) is 4.21. The van der Waals surface area contributed by atoms with Gasteiger partial charge in [0.2, 0.25) is 0 Å². The van der Waals surface area contributed by atoms with Gasteiger partial charge in [0.1, 0.15) is 5.75 Å². The van der Waals surface area contributed by atoms with Gasteiger partial charge in [-0.15, -0.1) is 0 Å². The quantitative estimate of drug-likeness (QED) is 0.660. The van der Waals surface area contributed by atoms with Crippen molar-refractivity contribution < 1.29 is 24.2 Å². The van der Waals surface area contributed by atoms with Crippen molar-refractivity contribution in [2.24, 2.45) is 5.92 Å². The lowest BCUT2D eigenvalue weighted by molar-refractivity contribution is -0.139. The molecule has 2 aliphatic carbocycles. The van der Waals surface area contributed by atoms with Gasteiger partial charge in [-0.2, -0.15) is 0 Å². The van der Waals surface area contributed by atoms with Crippen LogP contribution in [0.5, 0.6) is 5.75 Å². The molecule has 0 aromatic heterocycles. The minimum Gasteiger partial charge on any atom is -0.482 e. The fourth-order valence-corrected chi connectivity index (χ4v) is 3.65. The van der Waals surface area contributed by atoms with Crippen LogP contribution in [-0.4, -0.2) is 59.6 Å². The van der Waals surface area contributed by atoms with E-state index in [0.717, 1.165) is 19.4 Å². The highest BCUT2D eigenvalue weighted by Crippen LogP contribution is 2.34. The molecule has 4 rings (SSSR count). The second-order valence-corrected chi connectivity index (χ2v) is 7.61. The first-order valence-electron chi connectivity index (χ1n) is 9.31. The molecule has 1 aromatic rings. The van der Waals surface area contributed by atoms with Crippen molar-refractivity contribution in [2.75, 3.05) is 25.0 Å². The maximum Gasteiger partial charge on any atom is 0.317 e. The van der Waals surface area contributed by atoms with Crippen molar-refractivity contribution in [1.29, 1.82) is 0 Å². The van der Waals surface area contributed by atoms with Gasteiger partial charge in [-0.3, -0.25) is 19.3 Å². The summed E-state index contributed by atoms with van der Waals surface area (Å²) in [7, 11) is 0. The summed E-state index contributed by atoms with van der Waals surface area (Å²) in [5.41, 5.74) is 0.964. The minimum atomic E-state index is -0.804. The first-order chi connectivity index (χ1) is 13.0. The number of hydrogen-bond donors (Lipinski definition) is 3. The predicted octanol–water partition coefficient (Wildman–Crippen LogP) is 1.07. The van der Waals surface area contributed by atoms with Crippen LogP contribution in [0.2, 0.25) is 0 Å². The smallest absolute Gasteiger partial charge is 0.317 e. The Morgan fingerprint density at radius 1 is 1.30 bits per heavy atom. The molecule has 0 atom stereocenters. The van der Waals surface area contributed by atoms with E-state index in [1.54, 1.807) is 18.2 Å². The molecule has 2 saturated carbocycles. The van der Waals surface area contributed by atoms with Crippen molar-refractivity contribution in [2.45, 2.75) is 37.8 Å². The van der Waals surface area contributed by atoms with E-state index in [-0.39, 0.29) is 37.0 Å². The normalized spacial score (nSPS) is 23.7. The highest BCUT2D eigenvalue weighted by atomic mass is 16.5. The molecule has 2 amide bonds. The highest BCUT2D eigenvalue weighted by Gasteiger charge is 2.37. The molecular weight excluding hydrogens is 350 g/mol. The molecule has 8 heteroatoms. The van der Waals surface area contributed by atoms with E-state index in [4.69, 9.17) is 9.84 Å². The fourth-order valence-electron chi connectivity index (χ4n) is 3.65. The summed E-state index contributed by atoms with van der Waals surface area (Å²) in [5, 5.41) is 14.8. The average Bonchev–Trinajstić information content (AvgIpc) is 3.40. The van der Waals surface area contributed by atoms with Gasteiger partial charge in [-0.25, -0.2) is 0 Å². The maximum atomic E-state index is 12.5. The van der Waals surface area contributed by atoms with Gasteiger partial charge in [0, 0.05) is 24.2 Å². The monoisotopic (exact) mass is 373 g/mol. The number of benzene rings is 1. The van der Waals surface area contributed by atoms with Crippen LogP contribution < -0.4 is 15.4 Å². The lowest BCUT2D eigenvalue weighted by atomic mass is 9.85. The van der Waals surface area contributed by atoms with E-state index in [9.17, 15) is 14.4 Å². The molecule has 0 saturated heterocycles. The van der Waals surface area contributed by atoms with Crippen LogP contribution in [-0.2, 0) is 9.59 Å². The molecule has 3 aliphatic rings.